The van der Waals surface area contributed by atoms with E-state index in [0.29, 0.717) is 0 Å². The molecule has 0 radical (unpaired) electrons. The summed E-state index contributed by atoms with van der Waals surface area (Å²) >= 11 is 0. The van der Waals surface area contributed by atoms with Gasteiger partial charge in [-0.1, -0.05) is 97.1 Å². The Balaban J connectivity index is 0. The second-order valence-electron chi connectivity index (χ2n) is 6.67. The van der Waals surface area contributed by atoms with Gasteiger partial charge in [0.05, 0.1) is 0 Å². The zero-order chi connectivity index (χ0) is 18.8. The first-order valence-corrected chi connectivity index (χ1v) is 9.67. The fourth-order valence-corrected chi connectivity index (χ4v) is 1.96. The zero-order valence-corrected chi connectivity index (χ0v) is 17.2. The summed E-state index contributed by atoms with van der Waals surface area (Å²) in [7, 11) is 1.81. The maximum absolute atomic E-state index is 10.5. The second-order valence-corrected chi connectivity index (χ2v) is 6.67. The number of carbonyl (C=O) groups is 1. The van der Waals surface area contributed by atoms with Gasteiger partial charge in [0.2, 0.25) is 6.41 Å². The molecule has 2 unspecified atom stereocenters. The van der Waals surface area contributed by atoms with Crippen LogP contribution in [0.5, 0.6) is 0 Å². The predicted octanol–water partition coefficient (Wildman–Crippen LogP) is 6.34. The number of hydrogen-bond acceptors (Lipinski definition) is 1. The summed E-state index contributed by atoms with van der Waals surface area (Å²) in [6.45, 7) is 13.1. The van der Waals surface area contributed by atoms with Crippen LogP contribution in [-0.2, 0) is 11.2 Å². The van der Waals surface area contributed by atoms with E-state index in [1.807, 2.05) is 25.1 Å². The minimum Gasteiger partial charge on any atom is -0.345 e. The number of hydrogen-bond donors (Lipinski definition) is 0. The van der Waals surface area contributed by atoms with E-state index in [9.17, 15) is 4.79 Å². The second kappa shape index (κ2) is 18.0. The number of unbranched alkanes of at least 4 members (excludes halogenated alkanes) is 1. The topological polar surface area (TPSA) is 20.3 Å². The van der Waals surface area contributed by atoms with E-state index in [0.717, 1.165) is 18.7 Å². The Morgan fingerprint density at radius 1 is 1.04 bits per heavy atom. The Bertz CT molecular complexity index is 363. The Hall–Kier alpha value is -1.31. The third-order valence-electron chi connectivity index (χ3n) is 3.98. The molecule has 1 rings (SSSR count). The standard InChI is InChI=1S/C11H15NO.C8H18.C3H8/c1-10(12(2)9-13)8-11-6-4-3-5-7-11;1-4-6-7-8(3)5-2;1-3-2/h3-7,9-10H,8H2,1-2H3;8H,4-7H2,1-3H3;3H2,1-2H3. The highest BCUT2D eigenvalue weighted by molar-refractivity contribution is 5.47. The molecular weight excluding hydrogens is 294 g/mol. The van der Waals surface area contributed by atoms with E-state index in [2.05, 4.69) is 46.8 Å². The van der Waals surface area contributed by atoms with Gasteiger partial charge in [0.15, 0.2) is 0 Å². The van der Waals surface area contributed by atoms with E-state index in [4.69, 9.17) is 0 Å². The maximum atomic E-state index is 10.5. The van der Waals surface area contributed by atoms with Crippen LogP contribution in [0.4, 0.5) is 0 Å². The van der Waals surface area contributed by atoms with Crippen molar-refractivity contribution in [2.45, 2.75) is 86.1 Å². The highest BCUT2D eigenvalue weighted by atomic mass is 16.1. The molecule has 24 heavy (non-hydrogen) atoms. The van der Waals surface area contributed by atoms with E-state index < -0.39 is 0 Å². The fraction of sp³-hybridized carbons (Fsp3) is 0.682. The van der Waals surface area contributed by atoms with Gasteiger partial charge < -0.3 is 4.90 Å². The summed E-state index contributed by atoms with van der Waals surface area (Å²) in [4.78, 5) is 12.1. The van der Waals surface area contributed by atoms with Crippen LogP contribution in [0.3, 0.4) is 0 Å². The lowest BCUT2D eigenvalue weighted by atomic mass is 10.0. The van der Waals surface area contributed by atoms with E-state index >= 15 is 0 Å². The van der Waals surface area contributed by atoms with Crippen LogP contribution in [0, 0.1) is 5.92 Å². The minimum atomic E-state index is 0.264. The van der Waals surface area contributed by atoms with Gasteiger partial charge in [-0.2, -0.15) is 0 Å². The first-order valence-electron chi connectivity index (χ1n) is 9.67. The smallest absolute Gasteiger partial charge is 0.209 e. The molecule has 0 spiro atoms. The average Bonchev–Trinajstić information content (AvgIpc) is 2.60. The summed E-state index contributed by atoms with van der Waals surface area (Å²) < 4.78 is 0. The van der Waals surface area contributed by atoms with Crippen LogP contribution in [-0.4, -0.2) is 24.4 Å². The first-order chi connectivity index (χ1) is 11.5. The normalized spacial score (nSPS) is 12.0. The molecule has 0 N–H and O–H groups in total. The SMILES string of the molecule is CC(Cc1ccccc1)N(C)C=O.CCC.CCCCC(C)CC. The van der Waals surface area contributed by atoms with Gasteiger partial charge in [-0.3, -0.25) is 4.79 Å². The van der Waals surface area contributed by atoms with Crippen LogP contribution in [0.2, 0.25) is 0 Å². The molecule has 0 aliphatic carbocycles. The molecule has 140 valence electrons. The summed E-state index contributed by atoms with van der Waals surface area (Å²) in [5.41, 5.74) is 1.27. The van der Waals surface area contributed by atoms with Gasteiger partial charge in [-0.05, 0) is 24.8 Å². The van der Waals surface area contributed by atoms with Crippen molar-refractivity contribution in [1.82, 2.24) is 4.90 Å². The lowest BCUT2D eigenvalue weighted by molar-refractivity contribution is -0.118. The summed E-state index contributed by atoms with van der Waals surface area (Å²) in [6.07, 6.45) is 8.57. The summed E-state index contributed by atoms with van der Waals surface area (Å²) in [6, 6.07) is 10.5. The molecule has 0 fully saturated rings. The lowest BCUT2D eigenvalue weighted by Gasteiger charge is -2.19. The molecule has 1 aromatic carbocycles. The zero-order valence-electron chi connectivity index (χ0n) is 17.2. The number of benzene rings is 1. The van der Waals surface area contributed by atoms with Gasteiger partial charge in [-0.15, -0.1) is 0 Å². The molecule has 0 heterocycles. The molecule has 0 bridgehead atoms. The largest absolute Gasteiger partial charge is 0.345 e. The Labute approximate surface area is 151 Å². The van der Waals surface area contributed by atoms with Crippen molar-refractivity contribution in [3.63, 3.8) is 0 Å². The number of rotatable bonds is 8. The molecule has 1 aromatic rings. The van der Waals surface area contributed by atoms with Crippen molar-refractivity contribution in [2.24, 2.45) is 5.92 Å². The van der Waals surface area contributed by atoms with Crippen molar-refractivity contribution < 1.29 is 4.79 Å². The van der Waals surface area contributed by atoms with E-state index in [1.54, 1.807) is 11.9 Å². The van der Waals surface area contributed by atoms with Crippen molar-refractivity contribution >= 4 is 6.41 Å². The monoisotopic (exact) mass is 335 g/mol. The molecule has 0 aliphatic heterocycles. The predicted molar refractivity (Wildman–Crippen MR) is 108 cm³/mol. The van der Waals surface area contributed by atoms with Crippen LogP contribution in [0.25, 0.3) is 0 Å². The molecule has 0 aromatic heterocycles. The van der Waals surface area contributed by atoms with E-state index in [1.165, 1.54) is 37.7 Å². The van der Waals surface area contributed by atoms with Crippen LogP contribution in [0.15, 0.2) is 30.3 Å². The number of likely N-dealkylation sites (N-methyl/N-ethyl adjacent to an activating group) is 1. The maximum Gasteiger partial charge on any atom is 0.209 e. The number of amides is 1. The van der Waals surface area contributed by atoms with Gasteiger partial charge in [-0.25, -0.2) is 0 Å². The lowest BCUT2D eigenvalue weighted by Crippen LogP contribution is -2.29. The van der Waals surface area contributed by atoms with E-state index in [-0.39, 0.29) is 6.04 Å². The third-order valence-corrected chi connectivity index (χ3v) is 3.98. The summed E-state index contributed by atoms with van der Waals surface area (Å²) in [5.74, 6) is 0.954. The highest BCUT2D eigenvalue weighted by Gasteiger charge is 2.06. The molecule has 0 saturated heterocycles. The number of nitrogens with zero attached hydrogens (tertiary/aromatic N) is 1. The van der Waals surface area contributed by atoms with Gasteiger partial charge in [0, 0.05) is 13.1 Å². The van der Waals surface area contributed by atoms with Crippen LogP contribution >= 0.6 is 0 Å². The minimum absolute atomic E-state index is 0.264. The van der Waals surface area contributed by atoms with Crippen molar-refractivity contribution in [1.29, 1.82) is 0 Å². The summed E-state index contributed by atoms with van der Waals surface area (Å²) in [5, 5.41) is 0. The molecule has 1 amide bonds. The van der Waals surface area contributed by atoms with Gasteiger partial charge in [0.1, 0.15) is 0 Å². The Kier molecular flexibility index (Phi) is 18.7. The van der Waals surface area contributed by atoms with Crippen LogP contribution < -0.4 is 0 Å². The van der Waals surface area contributed by atoms with Crippen molar-refractivity contribution in [3.05, 3.63) is 35.9 Å². The first kappa shape index (κ1) is 24.9. The molecular formula is C22H41NO. The average molecular weight is 336 g/mol. The van der Waals surface area contributed by atoms with Gasteiger partial charge in [0.25, 0.3) is 0 Å². The van der Waals surface area contributed by atoms with Crippen molar-refractivity contribution in [3.8, 4) is 0 Å². The van der Waals surface area contributed by atoms with Gasteiger partial charge >= 0.3 is 0 Å². The third kappa shape index (κ3) is 15.6. The molecule has 0 saturated carbocycles. The fourth-order valence-electron chi connectivity index (χ4n) is 1.96. The molecule has 2 nitrogen and oxygen atoms in total. The quantitative estimate of drug-likeness (QED) is 0.507. The van der Waals surface area contributed by atoms with Crippen molar-refractivity contribution in [2.75, 3.05) is 7.05 Å². The highest BCUT2D eigenvalue weighted by Crippen LogP contribution is 2.09. The Morgan fingerprint density at radius 2 is 1.58 bits per heavy atom. The molecule has 2 atom stereocenters. The number of carbonyl (C=O) groups excluding carboxylic acids is 1. The Morgan fingerprint density at radius 3 is 2.00 bits per heavy atom. The van der Waals surface area contributed by atoms with Crippen LogP contribution in [0.1, 0.15) is 79.2 Å². The molecule has 0 aliphatic rings. The molecule has 2 heteroatoms.